The minimum absolute atomic E-state index is 0.158. The number of nitrogens with zero attached hydrogens (tertiary/aromatic N) is 1. The molecule has 0 bridgehead atoms. The lowest BCUT2D eigenvalue weighted by atomic mass is 9.85. The molecular formula is C22H29NO6. The molecule has 0 N–H and O–H groups in total. The van der Waals surface area contributed by atoms with E-state index in [2.05, 4.69) is 6.92 Å². The lowest BCUT2D eigenvalue weighted by molar-refractivity contribution is -0.149. The average Bonchev–Trinajstić information content (AvgIpc) is 3.26. The van der Waals surface area contributed by atoms with Crippen LogP contribution < -0.4 is 0 Å². The number of piperidine rings is 1. The van der Waals surface area contributed by atoms with E-state index < -0.39 is 18.1 Å². The monoisotopic (exact) mass is 403 g/mol. The highest BCUT2D eigenvalue weighted by Crippen LogP contribution is 2.32. The van der Waals surface area contributed by atoms with E-state index in [-0.39, 0.29) is 24.9 Å². The van der Waals surface area contributed by atoms with Crippen LogP contribution >= 0.6 is 0 Å². The zero-order chi connectivity index (χ0) is 20.6. The molecule has 158 valence electrons. The lowest BCUT2D eigenvalue weighted by Gasteiger charge is -2.43. The Hall–Kier alpha value is -2.38. The van der Waals surface area contributed by atoms with Crippen molar-refractivity contribution in [2.24, 2.45) is 5.92 Å². The number of ether oxygens (including phenoxy) is 4. The molecule has 1 aromatic carbocycles. The van der Waals surface area contributed by atoms with Crippen molar-refractivity contribution in [1.82, 2.24) is 4.90 Å². The summed E-state index contributed by atoms with van der Waals surface area (Å²) in [4.78, 5) is 26.9. The van der Waals surface area contributed by atoms with E-state index in [4.69, 9.17) is 18.9 Å². The van der Waals surface area contributed by atoms with Crippen LogP contribution in [0.3, 0.4) is 0 Å². The molecular weight excluding hydrogens is 374 g/mol. The normalized spacial score (nSPS) is 25.3. The van der Waals surface area contributed by atoms with Gasteiger partial charge in [-0.1, -0.05) is 43.3 Å². The Balaban J connectivity index is 1.72. The van der Waals surface area contributed by atoms with Gasteiger partial charge < -0.3 is 18.9 Å². The van der Waals surface area contributed by atoms with Gasteiger partial charge in [-0.25, -0.2) is 9.59 Å². The summed E-state index contributed by atoms with van der Waals surface area (Å²) in [5.74, 6) is -0.194. The highest BCUT2D eigenvalue weighted by Gasteiger charge is 2.42. The molecule has 7 nitrogen and oxygen atoms in total. The summed E-state index contributed by atoms with van der Waals surface area (Å²) < 4.78 is 21.4. The predicted octanol–water partition coefficient (Wildman–Crippen LogP) is 3.28. The summed E-state index contributed by atoms with van der Waals surface area (Å²) in [6, 6.07) is 8.67. The summed E-state index contributed by atoms with van der Waals surface area (Å²) in [5.41, 5.74) is 0.896. The molecule has 7 heteroatoms. The molecule has 2 saturated heterocycles. The number of esters is 1. The Kier molecular flexibility index (Phi) is 7.66. The number of carbonyl (C=O) groups is 2. The molecule has 3 atom stereocenters. The van der Waals surface area contributed by atoms with E-state index in [0.29, 0.717) is 26.1 Å². The Morgan fingerprint density at radius 3 is 2.59 bits per heavy atom. The maximum absolute atomic E-state index is 13.0. The Labute approximate surface area is 171 Å². The van der Waals surface area contributed by atoms with E-state index >= 15 is 0 Å². The van der Waals surface area contributed by atoms with Crippen molar-refractivity contribution in [2.45, 2.75) is 51.2 Å². The summed E-state index contributed by atoms with van der Waals surface area (Å²) in [5, 5.41) is 0. The number of carbonyl (C=O) groups excluding carboxylic acids is 2. The smallest absolute Gasteiger partial charge is 0.411 e. The van der Waals surface area contributed by atoms with Crippen molar-refractivity contribution in [3.8, 4) is 0 Å². The van der Waals surface area contributed by atoms with E-state index in [1.807, 2.05) is 42.5 Å². The second-order valence-corrected chi connectivity index (χ2v) is 7.38. The van der Waals surface area contributed by atoms with Crippen molar-refractivity contribution >= 4 is 12.1 Å². The number of hydrogen-bond donors (Lipinski definition) is 0. The van der Waals surface area contributed by atoms with Crippen molar-refractivity contribution in [3.05, 3.63) is 48.0 Å². The van der Waals surface area contributed by atoms with Crippen LogP contribution in [0.25, 0.3) is 0 Å². The standard InChI is InChI=1S/C22H29NO6/c1-16-11-12-19(21(24)26-2)23(18(16)9-6-10-20-27-13-14-28-20)22(25)29-15-17-7-4-3-5-8-17/h3-8,10,16,18-20H,9,11-15H2,1-2H3/b10-6+/t16-,18-,19-/m0/s1. The van der Waals surface area contributed by atoms with E-state index in [9.17, 15) is 9.59 Å². The minimum atomic E-state index is -0.642. The van der Waals surface area contributed by atoms with Crippen LogP contribution in [-0.2, 0) is 30.3 Å². The van der Waals surface area contributed by atoms with E-state index in [1.54, 1.807) is 4.90 Å². The zero-order valence-electron chi connectivity index (χ0n) is 17.0. The molecule has 2 aliphatic rings. The van der Waals surface area contributed by atoms with Crippen molar-refractivity contribution in [1.29, 1.82) is 0 Å². The second-order valence-electron chi connectivity index (χ2n) is 7.38. The highest BCUT2D eigenvalue weighted by molar-refractivity contribution is 5.82. The first-order valence-corrected chi connectivity index (χ1v) is 10.1. The largest absolute Gasteiger partial charge is 0.467 e. The molecule has 0 aliphatic carbocycles. The van der Waals surface area contributed by atoms with Gasteiger partial charge >= 0.3 is 12.1 Å². The molecule has 1 aromatic rings. The van der Waals surface area contributed by atoms with Crippen LogP contribution in [0.5, 0.6) is 0 Å². The third-order valence-electron chi connectivity index (χ3n) is 5.45. The van der Waals surface area contributed by atoms with Gasteiger partial charge in [0.15, 0.2) is 6.29 Å². The Bertz CT molecular complexity index is 701. The fraction of sp³-hybridized carbons (Fsp3) is 0.545. The van der Waals surface area contributed by atoms with Gasteiger partial charge in [-0.2, -0.15) is 0 Å². The number of amides is 1. The first-order chi connectivity index (χ1) is 14.1. The first kappa shape index (κ1) is 21.3. The van der Waals surface area contributed by atoms with Gasteiger partial charge in [-0.15, -0.1) is 0 Å². The lowest BCUT2D eigenvalue weighted by Crippen LogP contribution is -2.56. The maximum Gasteiger partial charge on any atom is 0.411 e. The highest BCUT2D eigenvalue weighted by atomic mass is 16.7. The third-order valence-corrected chi connectivity index (χ3v) is 5.45. The van der Waals surface area contributed by atoms with Crippen molar-refractivity contribution < 1.29 is 28.5 Å². The molecule has 0 unspecified atom stereocenters. The topological polar surface area (TPSA) is 74.3 Å². The summed E-state index contributed by atoms with van der Waals surface area (Å²) in [6.07, 6.45) is 4.94. The number of methoxy groups -OCH3 is 1. The van der Waals surface area contributed by atoms with E-state index in [0.717, 1.165) is 12.0 Å². The molecule has 0 saturated carbocycles. The zero-order valence-corrected chi connectivity index (χ0v) is 17.0. The van der Waals surface area contributed by atoms with Gasteiger partial charge in [0.25, 0.3) is 0 Å². The third kappa shape index (κ3) is 5.58. The van der Waals surface area contributed by atoms with Gasteiger partial charge in [-0.3, -0.25) is 4.90 Å². The molecule has 29 heavy (non-hydrogen) atoms. The molecule has 0 spiro atoms. The van der Waals surface area contributed by atoms with Crippen LogP contribution in [0.15, 0.2) is 42.5 Å². The number of hydrogen-bond acceptors (Lipinski definition) is 6. The molecule has 3 rings (SSSR count). The molecule has 2 fully saturated rings. The molecule has 2 heterocycles. The maximum atomic E-state index is 13.0. The van der Waals surface area contributed by atoms with Gasteiger partial charge in [0.1, 0.15) is 12.6 Å². The average molecular weight is 403 g/mol. The van der Waals surface area contributed by atoms with Crippen LogP contribution in [0.1, 0.15) is 31.7 Å². The van der Waals surface area contributed by atoms with Crippen LogP contribution in [0, 0.1) is 5.92 Å². The van der Waals surface area contributed by atoms with Gasteiger partial charge in [0.2, 0.25) is 0 Å². The molecule has 1 amide bonds. The predicted molar refractivity (Wildman–Crippen MR) is 106 cm³/mol. The number of benzene rings is 1. The van der Waals surface area contributed by atoms with Gasteiger partial charge in [0, 0.05) is 6.04 Å². The Morgan fingerprint density at radius 2 is 1.90 bits per heavy atom. The summed E-state index contributed by atoms with van der Waals surface area (Å²) in [7, 11) is 1.34. The summed E-state index contributed by atoms with van der Waals surface area (Å²) in [6.45, 7) is 3.41. The van der Waals surface area contributed by atoms with Gasteiger partial charge in [-0.05, 0) is 36.8 Å². The number of rotatable bonds is 6. The number of likely N-dealkylation sites (tertiary alicyclic amines) is 1. The SMILES string of the molecule is COC(=O)[C@@H]1CC[C@H](C)[C@H](C/C=C/C2OCCO2)N1C(=O)OCc1ccccc1. The van der Waals surface area contributed by atoms with Crippen LogP contribution in [-0.4, -0.2) is 55.7 Å². The minimum Gasteiger partial charge on any atom is -0.467 e. The molecule has 2 aliphatic heterocycles. The fourth-order valence-electron chi connectivity index (χ4n) is 3.84. The summed E-state index contributed by atoms with van der Waals surface area (Å²) >= 11 is 0. The molecule has 0 aromatic heterocycles. The molecule has 0 radical (unpaired) electrons. The first-order valence-electron chi connectivity index (χ1n) is 10.1. The Morgan fingerprint density at radius 1 is 1.17 bits per heavy atom. The van der Waals surface area contributed by atoms with Crippen molar-refractivity contribution in [2.75, 3.05) is 20.3 Å². The van der Waals surface area contributed by atoms with Crippen LogP contribution in [0.4, 0.5) is 4.79 Å². The van der Waals surface area contributed by atoms with Gasteiger partial charge in [0.05, 0.1) is 20.3 Å². The van der Waals surface area contributed by atoms with Crippen molar-refractivity contribution in [3.63, 3.8) is 0 Å². The van der Waals surface area contributed by atoms with E-state index in [1.165, 1.54) is 7.11 Å². The second kappa shape index (κ2) is 10.4. The quantitative estimate of drug-likeness (QED) is 0.536. The van der Waals surface area contributed by atoms with Crippen LogP contribution in [0.2, 0.25) is 0 Å². The fourth-order valence-corrected chi connectivity index (χ4v) is 3.84.